The Labute approximate surface area is 94.5 Å². The topological polar surface area (TPSA) is 42.0 Å². The van der Waals surface area contributed by atoms with Crippen molar-refractivity contribution in [1.82, 2.24) is 10.3 Å². The van der Waals surface area contributed by atoms with Crippen LogP contribution in [0.25, 0.3) is 10.9 Å². The van der Waals surface area contributed by atoms with Gasteiger partial charge in [-0.3, -0.25) is 4.79 Å². The number of aryl methyl sites for hydroxylation is 1. The molecule has 0 unspecified atom stereocenters. The van der Waals surface area contributed by atoms with Crippen molar-refractivity contribution in [2.45, 2.75) is 13.8 Å². The van der Waals surface area contributed by atoms with E-state index in [0.29, 0.717) is 12.2 Å². The highest BCUT2D eigenvalue weighted by atomic mass is 16.1. The molecule has 1 amide bonds. The van der Waals surface area contributed by atoms with E-state index in [-0.39, 0.29) is 5.91 Å². The van der Waals surface area contributed by atoms with Crippen molar-refractivity contribution < 1.29 is 4.79 Å². The number of amides is 1. The third kappa shape index (κ3) is 1.89. The minimum Gasteiger partial charge on any atom is -0.351 e. The van der Waals surface area contributed by atoms with Crippen molar-refractivity contribution in [2.24, 2.45) is 0 Å². The number of para-hydroxylation sites is 1. The Bertz CT molecular complexity index is 534. The summed E-state index contributed by atoms with van der Waals surface area (Å²) in [6.45, 7) is 4.50. The molecule has 3 heteroatoms. The summed E-state index contributed by atoms with van der Waals surface area (Å²) in [5.74, 6) is -0.114. The summed E-state index contributed by atoms with van der Waals surface area (Å²) in [6, 6.07) is 9.66. The summed E-state index contributed by atoms with van der Waals surface area (Å²) < 4.78 is 0. The first kappa shape index (κ1) is 10.6. The van der Waals surface area contributed by atoms with Gasteiger partial charge in [0, 0.05) is 11.9 Å². The standard InChI is InChI=1S/C13H14N2O/c1-3-14-13(16)12-8-9(2)10-6-4-5-7-11(10)15-12/h4-8H,3H2,1-2H3,(H,14,16). The fraction of sp³-hybridized carbons (Fsp3) is 0.231. The average molecular weight is 214 g/mol. The predicted molar refractivity (Wildman–Crippen MR) is 64.5 cm³/mol. The Hall–Kier alpha value is -1.90. The Morgan fingerprint density at radius 1 is 1.38 bits per heavy atom. The molecular weight excluding hydrogens is 200 g/mol. The minimum atomic E-state index is -0.114. The van der Waals surface area contributed by atoms with Crippen LogP contribution >= 0.6 is 0 Å². The zero-order valence-electron chi connectivity index (χ0n) is 9.45. The van der Waals surface area contributed by atoms with Crippen LogP contribution < -0.4 is 5.32 Å². The van der Waals surface area contributed by atoms with Crippen molar-refractivity contribution in [3.8, 4) is 0 Å². The molecule has 0 aliphatic carbocycles. The molecule has 0 spiro atoms. The first-order chi connectivity index (χ1) is 7.72. The molecule has 1 aromatic heterocycles. The number of aromatic nitrogens is 1. The van der Waals surface area contributed by atoms with Crippen LogP contribution in [0.15, 0.2) is 30.3 Å². The molecule has 0 atom stereocenters. The Balaban J connectivity index is 2.53. The van der Waals surface area contributed by atoms with E-state index < -0.39 is 0 Å². The molecule has 0 fully saturated rings. The lowest BCUT2D eigenvalue weighted by molar-refractivity contribution is 0.0951. The van der Waals surface area contributed by atoms with Crippen molar-refractivity contribution in [3.05, 3.63) is 41.6 Å². The molecule has 2 rings (SSSR count). The van der Waals surface area contributed by atoms with Gasteiger partial charge in [0.25, 0.3) is 5.91 Å². The van der Waals surface area contributed by atoms with Crippen molar-refractivity contribution >= 4 is 16.8 Å². The normalized spacial score (nSPS) is 10.4. The quantitative estimate of drug-likeness (QED) is 0.833. The summed E-state index contributed by atoms with van der Waals surface area (Å²) in [4.78, 5) is 16.0. The minimum absolute atomic E-state index is 0.114. The number of carbonyl (C=O) groups excluding carboxylic acids is 1. The molecule has 2 aromatic rings. The number of benzene rings is 1. The lowest BCUT2D eigenvalue weighted by Gasteiger charge is -2.05. The van der Waals surface area contributed by atoms with E-state index in [9.17, 15) is 4.79 Å². The molecule has 16 heavy (non-hydrogen) atoms. The average Bonchev–Trinajstić information content (AvgIpc) is 2.29. The van der Waals surface area contributed by atoms with Gasteiger partial charge in [-0.25, -0.2) is 4.98 Å². The van der Waals surface area contributed by atoms with Gasteiger partial charge in [-0.1, -0.05) is 18.2 Å². The smallest absolute Gasteiger partial charge is 0.269 e. The van der Waals surface area contributed by atoms with E-state index >= 15 is 0 Å². The van der Waals surface area contributed by atoms with Gasteiger partial charge in [0.05, 0.1) is 5.52 Å². The number of carbonyl (C=O) groups is 1. The summed E-state index contributed by atoms with van der Waals surface area (Å²) in [5.41, 5.74) is 2.42. The van der Waals surface area contributed by atoms with Crippen LogP contribution in [-0.4, -0.2) is 17.4 Å². The van der Waals surface area contributed by atoms with Crippen LogP contribution in [0.1, 0.15) is 23.0 Å². The first-order valence-electron chi connectivity index (χ1n) is 5.37. The number of fused-ring (bicyclic) bond motifs is 1. The second-order valence-corrected chi connectivity index (χ2v) is 3.70. The van der Waals surface area contributed by atoms with Gasteiger partial charge in [-0.15, -0.1) is 0 Å². The van der Waals surface area contributed by atoms with Gasteiger partial charge in [-0.05, 0) is 31.5 Å². The molecule has 1 heterocycles. The zero-order chi connectivity index (χ0) is 11.5. The van der Waals surface area contributed by atoms with Crippen LogP contribution in [0.4, 0.5) is 0 Å². The van der Waals surface area contributed by atoms with Gasteiger partial charge in [0.15, 0.2) is 0 Å². The van der Waals surface area contributed by atoms with E-state index in [2.05, 4.69) is 10.3 Å². The molecule has 0 saturated heterocycles. The molecule has 0 aliphatic heterocycles. The Kier molecular flexibility index (Phi) is 2.86. The predicted octanol–water partition coefficient (Wildman–Crippen LogP) is 2.29. The molecule has 0 radical (unpaired) electrons. The fourth-order valence-electron chi connectivity index (χ4n) is 1.72. The van der Waals surface area contributed by atoms with E-state index in [1.165, 1.54) is 0 Å². The second kappa shape index (κ2) is 4.31. The van der Waals surface area contributed by atoms with Crippen LogP contribution in [0.5, 0.6) is 0 Å². The number of hydrogen-bond acceptors (Lipinski definition) is 2. The van der Waals surface area contributed by atoms with E-state index in [1.54, 1.807) is 0 Å². The number of pyridine rings is 1. The van der Waals surface area contributed by atoms with Crippen molar-refractivity contribution in [3.63, 3.8) is 0 Å². The number of hydrogen-bond donors (Lipinski definition) is 1. The third-order valence-electron chi connectivity index (χ3n) is 2.49. The summed E-state index contributed by atoms with van der Waals surface area (Å²) in [7, 11) is 0. The van der Waals surface area contributed by atoms with Crippen molar-refractivity contribution in [1.29, 1.82) is 0 Å². The largest absolute Gasteiger partial charge is 0.351 e. The molecule has 0 aliphatic rings. The van der Waals surface area contributed by atoms with Gasteiger partial charge < -0.3 is 5.32 Å². The monoisotopic (exact) mass is 214 g/mol. The maximum Gasteiger partial charge on any atom is 0.269 e. The summed E-state index contributed by atoms with van der Waals surface area (Å²) in [6.07, 6.45) is 0. The zero-order valence-corrected chi connectivity index (χ0v) is 9.45. The third-order valence-corrected chi connectivity index (χ3v) is 2.49. The van der Waals surface area contributed by atoms with Crippen LogP contribution in [0.2, 0.25) is 0 Å². The van der Waals surface area contributed by atoms with Crippen LogP contribution in [-0.2, 0) is 0 Å². The summed E-state index contributed by atoms with van der Waals surface area (Å²) >= 11 is 0. The van der Waals surface area contributed by atoms with E-state index in [4.69, 9.17) is 0 Å². The lowest BCUT2D eigenvalue weighted by Crippen LogP contribution is -2.23. The molecular formula is C13H14N2O. The highest BCUT2D eigenvalue weighted by molar-refractivity contribution is 5.95. The highest BCUT2D eigenvalue weighted by Crippen LogP contribution is 2.17. The maximum absolute atomic E-state index is 11.7. The number of rotatable bonds is 2. The number of nitrogens with one attached hydrogen (secondary N) is 1. The molecule has 3 nitrogen and oxygen atoms in total. The fourth-order valence-corrected chi connectivity index (χ4v) is 1.72. The number of nitrogens with zero attached hydrogens (tertiary/aromatic N) is 1. The first-order valence-corrected chi connectivity index (χ1v) is 5.37. The molecule has 1 aromatic carbocycles. The van der Waals surface area contributed by atoms with Gasteiger partial charge in [0.1, 0.15) is 5.69 Å². The van der Waals surface area contributed by atoms with E-state index in [0.717, 1.165) is 16.5 Å². The molecule has 82 valence electrons. The van der Waals surface area contributed by atoms with Gasteiger partial charge >= 0.3 is 0 Å². The SMILES string of the molecule is CCNC(=O)c1cc(C)c2ccccc2n1. The lowest BCUT2D eigenvalue weighted by atomic mass is 10.1. The second-order valence-electron chi connectivity index (χ2n) is 3.70. The van der Waals surface area contributed by atoms with Gasteiger partial charge in [-0.2, -0.15) is 0 Å². The Morgan fingerprint density at radius 2 is 2.12 bits per heavy atom. The van der Waals surface area contributed by atoms with E-state index in [1.807, 2.05) is 44.2 Å². The van der Waals surface area contributed by atoms with Crippen LogP contribution in [0, 0.1) is 6.92 Å². The molecule has 1 N–H and O–H groups in total. The van der Waals surface area contributed by atoms with Crippen LogP contribution in [0.3, 0.4) is 0 Å². The Morgan fingerprint density at radius 3 is 2.88 bits per heavy atom. The summed E-state index contributed by atoms with van der Waals surface area (Å²) in [5, 5.41) is 3.85. The van der Waals surface area contributed by atoms with Gasteiger partial charge in [0.2, 0.25) is 0 Å². The highest BCUT2D eigenvalue weighted by Gasteiger charge is 2.08. The van der Waals surface area contributed by atoms with Crippen molar-refractivity contribution in [2.75, 3.05) is 6.54 Å². The molecule has 0 saturated carbocycles. The maximum atomic E-state index is 11.7. The molecule has 0 bridgehead atoms.